The zero-order valence-corrected chi connectivity index (χ0v) is 12.0. The van der Waals surface area contributed by atoms with Crippen LogP contribution in [0.25, 0.3) is 0 Å². The van der Waals surface area contributed by atoms with Crippen LogP contribution in [0.2, 0.25) is 0 Å². The molecule has 2 aliphatic rings. The number of likely N-dealkylation sites (tertiary alicyclic amines) is 1. The SMILES string of the molecule is CC1CC(C)(C)CCC1(C(=O)O)N1CCCCC1. The van der Waals surface area contributed by atoms with E-state index in [0.717, 1.165) is 45.2 Å². The highest BCUT2D eigenvalue weighted by atomic mass is 16.4. The Labute approximate surface area is 111 Å². The maximum Gasteiger partial charge on any atom is 0.324 e. The van der Waals surface area contributed by atoms with Gasteiger partial charge in [0.05, 0.1) is 0 Å². The molecule has 1 aliphatic carbocycles. The lowest BCUT2D eigenvalue weighted by Gasteiger charge is -2.52. The normalized spacial score (nSPS) is 37.4. The van der Waals surface area contributed by atoms with Crippen molar-refractivity contribution >= 4 is 5.97 Å². The third-order valence-electron chi connectivity index (χ3n) is 5.15. The molecule has 1 N–H and O–H groups in total. The third-order valence-corrected chi connectivity index (χ3v) is 5.15. The number of rotatable bonds is 2. The minimum Gasteiger partial charge on any atom is -0.480 e. The summed E-state index contributed by atoms with van der Waals surface area (Å²) in [4.78, 5) is 14.2. The first-order valence-electron chi connectivity index (χ1n) is 7.37. The van der Waals surface area contributed by atoms with Crippen LogP contribution >= 0.6 is 0 Å². The molecule has 0 amide bonds. The summed E-state index contributed by atoms with van der Waals surface area (Å²) < 4.78 is 0. The van der Waals surface area contributed by atoms with E-state index in [0.29, 0.717) is 5.41 Å². The zero-order chi connectivity index (χ0) is 13.4. The van der Waals surface area contributed by atoms with Gasteiger partial charge in [0, 0.05) is 0 Å². The second kappa shape index (κ2) is 4.84. The van der Waals surface area contributed by atoms with Gasteiger partial charge in [0.1, 0.15) is 5.54 Å². The molecule has 1 aliphatic heterocycles. The number of nitrogens with zero attached hydrogens (tertiary/aromatic N) is 1. The molecule has 3 nitrogen and oxygen atoms in total. The van der Waals surface area contributed by atoms with Gasteiger partial charge in [-0.25, -0.2) is 0 Å². The molecule has 0 bridgehead atoms. The fraction of sp³-hybridized carbons (Fsp3) is 0.933. The first-order valence-corrected chi connectivity index (χ1v) is 7.37. The fourth-order valence-corrected chi connectivity index (χ4v) is 4.09. The van der Waals surface area contributed by atoms with E-state index in [1.54, 1.807) is 0 Å². The first-order chi connectivity index (χ1) is 8.38. The second-order valence-corrected chi connectivity index (χ2v) is 7.05. The molecular formula is C15H27NO2. The van der Waals surface area contributed by atoms with E-state index in [9.17, 15) is 9.90 Å². The number of aliphatic carboxylic acids is 1. The number of hydrogen-bond acceptors (Lipinski definition) is 2. The van der Waals surface area contributed by atoms with Gasteiger partial charge in [-0.1, -0.05) is 27.2 Å². The van der Waals surface area contributed by atoms with Gasteiger partial charge in [0.15, 0.2) is 0 Å². The highest BCUT2D eigenvalue weighted by Crippen LogP contribution is 2.47. The summed E-state index contributed by atoms with van der Waals surface area (Å²) in [6.07, 6.45) is 6.44. The van der Waals surface area contributed by atoms with E-state index in [1.807, 2.05) is 0 Å². The standard InChI is InChI=1S/C15H27NO2/c1-12-11-14(2,3)7-8-15(12,13(17)18)16-9-5-4-6-10-16/h12H,4-11H2,1-3H3,(H,17,18). The largest absolute Gasteiger partial charge is 0.480 e. The first kappa shape index (κ1) is 13.9. The molecule has 2 atom stereocenters. The van der Waals surface area contributed by atoms with E-state index in [2.05, 4.69) is 25.7 Å². The van der Waals surface area contributed by atoms with Gasteiger partial charge >= 0.3 is 5.97 Å². The quantitative estimate of drug-likeness (QED) is 0.822. The smallest absolute Gasteiger partial charge is 0.324 e. The number of carboxylic acids is 1. The van der Waals surface area contributed by atoms with Crippen molar-refractivity contribution in [1.29, 1.82) is 0 Å². The predicted molar refractivity (Wildman–Crippen MR) is 72.6 cm³/mol. The maximum atomic E-state index is 12.0. The number of hydrogen-bond donors (Lipinski definition) is 1. The predicted octanol–water partition coefficient (Wildman–Crippen LogP) is 3.14. The Bertz CT molecular complexity index is 320. The van der Waals surface area contributed by atoms with Crippen LogP contribution in [-0.4, -0.2) is 34.6 Å². The van der Waals surface area contributed by atoms with E-state index < -0.39 is 11.5 Å². The summed E-state index contributed by atoms with van der Waals surface area (Å²) in [5.74, 6) is -0.343. The van der Waals surface area contributed by atoms with Crippen LogP contribution in [0.4, 0.5) is 0 Å². The van der Waals surface area contributed by atoms with Gasteiger partial charge in [-0.15, -0.1) is 0 Å². The Kier molecular flexibility index (Phi) is 3.72. The molecule has 1 saturated heterocycles. The molecule has 2 fully saturated rings. The third kappa shape index (κ3) is 2.29. The topological polar surface area (TPSA) is 40.5 Å². The molecule has 2 rings (SSSR count). The molecule has 2 unspecified atom stereocenters. The van der Waals surface area contributed by atoms with Crippen LogP contribution < -0.4 is 0 Å². The van der Waals surface area contributed by atoms with E-state index in [1.165, 1.54) is 6.42 Å². The minimum atomic E-state index is -0.590. The molecule has 0 aromatic carbocycles. The summed E-state index contributed by atoms with van der Waals surface area (Å²) >= 11 is 0. The average Bonchev–Trinajstić information content (AvgIpc) is 2.29. The van der Waals surface area contributed by atoms with Gasteiger partial charge in [-0.05, 0) is 56.5 Å². The molecule has 3 heteroatoms. The lowest BCUT2D eigenvalue weighted by molar-refractivity contribution is -0.162. The molecule has 1 heterocycles. The van der Waals surface area contributed by atoms with Crippen LogP contribution in [0.15, 0.2) is 0 Å². The Hall–Kier alpha value is -0.570. The van der Waals surface area contributed by atoms with Gasteiger partial charge in [-0.2, -0.15) is 0 Å². The zero-order valence-electron chi connectivity index (χ0n) is 12.0. The highest BCUT2D eigenvalue weighted by Gasteiger charge is 2.52. The van der Waals surface area contributed by atoms with Crippen LogP contribution in [0.3, 0.4) is 0 Å². The Morgan fingerprint density at radius 2 is 1.78 bits per heavy atom. The van der Waals surface area contributed by atoms with Gasteiger partial charge < -0.3 is 5.11 Å². The Morgan fingerprint density at radius 3 is 2.28 bits per heavy atom. The van der Waals surface area contributed by atoms with Crippen molar-refractivity contribution in [3.8, 4) is 0 Å². The van der Waals surface area contributed by atoms with E-state index in [-0.39, 0.29) is 5.92 Å². The van der Waals surface area contributed by atoms with Crippen molar-refractivity contribution in [2.24, 2.45) is 11.3 Å². The van der Waals surface area contributed by atoms with Gasteiger partial charge in [0.2, 0.25) is 0 Å². The minimum absolute atomic E-state index is 0.247. The van der Waals surface area contributed by atoms with E-state index in [4.69, 9.17) is 0 Å². The van der Waals surface area contributed by atoms with Crippen molar-refractivity contribution in [2.45, 2.75) is 64.8 Å². The summed E-state index contributed by atoms with van der Waals surface area (Å²) in [6.45, 7) is 8.62. The summed E-state index contributed by atoms with van der Waals surface area (Å²) in [7, 11) is 0. The number of carboxylic acid groups (broad SMARTS) is 1. The lowest BCUT2D eigenvalue weighted by atomic mass is 9.63. The Balaban J connectivity index is 2.24. The van der Waals surface area contributed by atoms with Gasteiger partial charge in [-0.3, -0.25) is 9.69 Å². The monoisotopic (exact) mass is 253 g/mol. The molecule has 104 valence electrons. The molecule has 1 saturated carbocycles. The van der Waals surface area contributed by atoms with Crippen molar-refractivity contribution in [3.05, 3.63) is 0 Å². The molecule has 0 aromatic heterocycles. The molecule has 0 radical (unpaired) electrons. The second-order valence-electron chi connectivity index (χ2n) is 7.05. The fourth-order valence-electron chi connectivity index (χ4n) is 4.09. The maximum absolute atomic E-state index is 12.0. The van der Waals surface area contributed by atoms with Crippen molar-refractivity contribution in [1.82, 2.24) is 4.90 Å². The number of carbonyl (C=O) groups is 1. The lowest BCUT2D eigenvalue weighted by Crippen LogP contribution is -2.62. The van der Waals surface area contributed by atoms with Crippen LogP contribution in [0.1, 0.15) is 59.3 Å². The number of piperidine rings is 1. The van der Waals surface area contributed by atoms with E-state index >= 15 is 0 Å². The van der Waals surface area contributed by atoms with Crippen LogP contribution in [0.5, 0.6) is 0 Å². The van der Waals surface area contributed by atoms with Crippen LogP contribution in [0, 0.1) is 11.3 Å². The van der Waals surface area contributed by atoms with Crippen molar-refractivity contribution in [2.75, 3.05) is 13.1 Å². The summed E-state index contributed by atoms with van der Waals surface area (Å²) in [5.41, 5.74) is -0.288. The van der Waals surface area contributed by atoms with Gasteiger partial charge in [0.25, 0.3) is 0 Å². The van der Waals surface area contributed by atoms with Crippen molar-refractivity contribution < 1.29 is 9.90 Å². The van der Waals surface area contributed by atoms with Crippen LogP contribution in [-0.2, 0) is 4.79 Å². The van der Waals surface area contributed by atoms with Crippen molar-refractivity contribution in [3.63, 3.8) is 0 Å². The summed E-state index contributed by atoms with van der Waals surface area (Å²) in [6, 6.07) is 0. The molecule has 18 heavy (non-hydrogen) atoms. The molecular weight excluding hydrogens is 226 g/mol. The Morgan fingerprint density at radius 1 is 1.17 bits per heavy atom. The molecule has 0 spiro atoms. The highest BCUT2D eigenvalue weighted by molar-refractivity contribution is 5.79. The average molecular weight is 253 g/mol. The molecule has 0 aromatic rings. The summed E-state index contributed by atoms with van der Waals surface area (Å²) in [5, 5.41) is 9.84.